The molecule has 0 saturated heterocycles. The molecule has 0 aliphatic carbocycles. The van der Waals surface area contributed by atoms with Crippen LogP contribution >= 0.6 is 0 Å². The van der Waals surface area contributed by atoms with Gasteiger partial charge in [0.1, 0.15) is 13.2 Å². The first-order valence-corrected chi connectivity index (χ1v) is 30.5. The van der Waals surface area contributed by atoms with Gasteiger partial charge < -0.3 is 14.2 Å². The van der Waals surface area contributed by atoms with Crippen molar-refractivity contribution in [2.45, 2.75) is 361 Å². The highest BCUT2D eigenvalue weighted by atomic mass is 16.6. The second-order valence-electron chi connectivity index (χ2n) is 21.0. The van der Waals surface area contributed by atoms with Crippen molar-refractivity contribution in [2.24, 2.45) is 0 Å². The van der Waals surface area contributed by atoms with Crippen molar-refractivity contribution >= 4 is 17.9 Å². The molecule has 0 aromatic rings. The summed E-state index contributed by atoms with van der Waals surface area (Å²) in [4.78, 5) is 38.2. The van der Waals surface area contributed by atoms with Crippen molar-refractivity contribution < 1.29 is 28.6 Å². The van der Waals surface area contributed by atoms with Crippen LogP contribution < -0.4 is 0 Å². The number of ether oxygens (including phenoxy) is 3. The molecule has 0 amide bonds. The van der Waals surface area contributed by atoms with E-state index in [0.717, 1.165) is 57.8 Å². The first kappa shape index (κ1) is 65.4. The molecule has 0 saturated carbocycles. The third-order valence-corrected chi connectivity index (χ3v) is 14.1. The molecule has 0 aliphatic rings. The molecule has 67 heavy (non-hydrogen) atoms. The van der Waals surface area contributed by atoms with Gasteiger partial charge in [-0.05, 0) is 19.3 Å². The summed E-state index contributed by atoms with van der Waals surface area (Å²) >= 11 is 0. The summed E-state index contributed by atoms with van der Waals surface area (Å²) in [5, 5.41) is 0. The fourth-order valence-corrected chi connectivity index (χ4v) is 9.51. The highest BCUT2D eigenvalue weighted by Gasteiger charge is 2.19. The number of unbranched alkanes of at least 4 members (excludes halogenated alkanes) is 46. The van der Waals surface area contributed by atoms with Gasteiger partial charge in [0.15, 0.2) is 6.10 Å². The Kier molecular flexibility index (Phi) is 55.6. The molecule has 0 radical (unpaired) electrons. The summed E-state index contributed by atoms with van der Waals surface area (Å²) in [6.45, 7) is 6.72. The number of carbonyl (C=O) groups excluding carboxylic acids is 3. The Labute approximate surface area is 418 Å². The van der Waals surface area contributed by atoms with Gasteiger partial charge >= 0.3 is 17.9 Å². The number of hydrogen-bond acceptors (Lipinski definition) is 6. The van der Waals surface area contributed by atoms with Crippen LogP contribution in [0, 0.1) is 0 Å². The lowest BCUT2D eigenvalue weighted by molar-refractivity contribution is -0.167. The topological polar surface area (TPSA) is 78.9 Å². The normalized spacial score (nSPS) is 11.9. The van der Waals surface area contributed by atoms with Crippen molar-refractivity contribution in [3.8, 4) is 0 Å². The van der Waals surface area contributed by atoms with Crippen molar-refractivity contribution in [3.63, 3.8) is 0 Å². The Morgan fingerprint density at radius 3 is 0.597 bits per heavy atom. The third-order valence-electron chi connectivity index (χ3n) is 14.1. The Hall–Kier alpha value is -1.59. The van der Waals surface area contributed by atoms with Crippen molar-refractivity contribution in [1.29, 1.82) is 0 Å². The SMILES string of the molecule is CCCCCCCCCCCCCCCCCCCCCC(=O)OC[C@H](COC(=O)CCCCCCCCCCCCCCCC)OC(=O)CCCCCCCCCCCCCCCCCC. The van der Waals surface area contributed by atoms with Gasteiger partial charge in [-0.3, -0.25) is 14.4 Å². The van der Waals surface area contributed by atoms with Crippen LogP contribution in [0.4, 0.5) is 0 Å². The van der Waals surface area contributed by atoms with E-state index in [4.69, 9.17) is 14.2 Å². The lowest BCUT2D eigenvalue weighted by Crippen LogP contribution is -2.30. The van der Waals surface area contributed by atoms with Gasteiger partial charge in [0, 0.05) is 19.3 Å². The highest BCUT2D eigenvalue weighted by Crippen LogP contribution is 2.18. The van der Waals surface area contributed by atoms with E-state index in [2.05, 4.69) is 20.8 Å². The van der Waals surface area contributed by atoms with Gasteiger partial charge in [-0.1, -0.05) is 316 Å². The maximum absolute atomic E-state index is 12.9. The number of rotatable bonds is 57. The van der Waals surface area contributed by atoms with Gasteiger partial charge in [0.2, 0.25) is 0 Å². The van der Waals surface area contributed by atoms with Crippen LogP contribution in [-0.2, 0) is 28.6 Å². The molecule has 0 aromatic carbocycles. The van der Waals surface area contributed by atoms with E-state index in [1.54, 1.807) is 0 Å². The predicted octanol–water partition coefficient (Wildman–Crippen LogP) is 20.3. The van der Waals surface area contributed by atoms with Gasteiger partial charge in [-0.15, -0.1) is 0 Å². The van der Waals surface area contributed by atoms with Crippen LogP contribution in [-0.4, -0.2) is 37.2 Å². The molecule has 1 atom stereocenters. The van der Waals surface area contributed by atoms with E-state index < -0.39 is 6.10 Å². The average molecular weight is 948 g/mol. The minimum atomic E-state index is -0.761. The molecule has 0 rings (SSSR count). The molecule has 0 aliphatic heterocycles. The molecule has 6 nitrogen and oxygen atoms in total. The Bertz CT molecular complexity index is 998. The monoisotopic (exact) mass is 947 g/mol. The number of esters is 3. The van der Waals surface area contributed by atoms with Gasteiger partial charge in [0.05, 0.1) is 0 Å². The molecule has 398 valence electrons. The lowest BCUT2D eigenvalue weighted by atomic mass is 10.0. The zero-order valence-electron chi connectivity index (χ0n) is 45.7. The van der Waals surface area contributed by atoms with E-state index >= 15 is 0 Å². The van der Waals surface area contributed by atoms with Gasteiger partial charge in [-0.25, -0.2) is 0 Å². The minimum Gasteiger partial charge on any atom is -0.462 e. The second kappa shape index (κ2) is 57.0. The van der Waals surface area contributed by atoms with Gasteiger partial charge in [0.25, 0.3) is 0 Å². The van der Waals surface area contributed by atoms with E-state index in [1.807, 2.05) is 0 Å². The van der Waals surface area contributed by atoms with E-state index in [9.17, 15) is 14.4 Å². The molecular weight excluding hydrogens is 829 g/mol. The fourth-order valence-electron chi connectivity index (χ4n) is 9.51. The van der Waals surface area contributed by atoms with Crippen molar-refractivity contribution in [2.75, 3.05) is 13.2 Å². The molecule has 0 heterocycles. The number of carbonyl (C=O) groups is 3. The van der Waals surface area contributed by atoms with E-state index in [0.29, 0.717) is 19.3 Å². The smallest absolute Gasteiger partial charge is 0.306 e. The Balaban J connectivity index is 4.27. The highest BCUT2D eigenvalue weighted by molar-refractivity contribution is 5.71. The van der Waals surface area contributed by atoms with Crippen LogP contribution in [0.2, 0.25) is 0 Å². The van der Waals surface area contributed by atoms with Gasteiger partial charge in [-0.2, -0.15) is 0 Å². The van der Waals surface area contributed by atoms with Crippen molar-refractivity contribution in [3.05, 3.63) is 0 Å². The quantitative estimate of drug-likeness (QED) is 0.0343. The average Bonchev–Trinajstić information content (AvgIpc) is 3.33. The van der Waals surface area contributed by atoms with Crippen LogP contribution in [0.25, 0.3) is 0 Å². The molecule has 0 bridgehead atoms. The van der Waals surface area contributed by atoms with E-state index in [-0.39, 0.29) is 31.1 Å². The first-order valence-electron chi connectivity index (χ1n) is 30.5. The molecule has 0 aromatic heterocycles. The Morgan fingerprint density at radius 1 is 0.239 bits per heavy atom. The minimum absolute atomic E-state index is 0.0607. The lowest BCUT2D eigenvalue weighted by Gasteiger charge is -2.18. The second-order valence-corrected chi connectivity index (χ2v) is 21.0. The summed E-state index contributed by atoms with van der Waals surface area (Å²) < 4.78 is 16.9. The number of hydrogen-bond donors (Lipinski definition) is 0. The molecule has 6 heteroatoms. The fraction of sp³-hybridized carbons (Fsp3) is 0.951. The van der Waals surface area contributed by atoms with Crippen molar-refractivity contribution in [1.82, 2.24) is 0 Å². The maximum atomic E-state index is 12.9. The molecule has 0 unspecified atom stereocenters. The van der Waals surface area contributed by atoms with E-state index in [1.165, 1.54) is 257 Å². The summed E-state index contributed by atoms with van der Waals surface area (Å²) in [6, 6.07) is 0. The Morgan fingerprint density at radius 2 is 0.403 bits per heavy atom. The molecule has 0 spiro atoms. The summed E-state index contributed by atoms with van der Waals surface area (Å²) in [5.74, 6) is -0.828. The van der Waals surface area contributed by atoms with Crippen LogP contribution in [0.1, 0.15) is 355 Å². The summed E-state index contributed by atoms with van der Waals surface area (Å²) in [5.41, 5.74) is 0. The molecular formula is C61H118O6. The third kappa shape index (κ3) is 55.2. The predicted molar refractivity (Wildman–Crippen MR) is 289 cm³/mol. The largest absolute Gasteiger partial charge is 0.462 e. The zero-order chi connectivity index (χ0) is 48.6. The van der Waals surface area contributed by atoms with Crippen LogP contribution in [0.3, 0.4) is 0 Å². The summed E-state index contributed by atoms with van der Waals surface area (Å²) in [7, 11) is 0. The maximum Gasteiger partial charge on any atom is 0.306 e. The van der Waals surface area contributed by atoms with Crippen LogP contribution in [0.5, 0.6) is 0 Å². The van der Waals surface area contributed by atoms with Crippen LogP contribution in [0.15, 0.2) is 0 Å². The standard InChI is InChI=1S/C61H118O6/c1-4-7-10-13-16-19-22-25-28-30-31-32-34-36-39-42-45-48-51-54-60(63)66-57-58(56-65-59(62)53-50-47-44-41-38-35-27-24-21-18-15-12-9-6-3)67-61(64)55-52-49-46-43-40-37-33-29-26-23-20-17-14-11-8-5-2/h58H,4-57H2,1-3H3/t58-/m0/s1. The zero-order valence-corrected chi connectivity index (χ0v) is 45.7. The summed E-state index contributed by atoms with van der Waals surface area (Å²) in [6.07, 6.45) is 63.8. The molecule has 0 N–H and O–H groups in total. The molecule has 0 fully saturated rings. The first-order chi connectivity index (χ1) is 33.0.